The highest BCUT2D eigenvalue weighted by Gasteiger charge is 2.15. The second kappa shape index (κ2) is 5.61. The summed E-state index contributed by atoms with van der Waals surface area (Å²) in [7, 11) is 0. The molecule has 0 radical (unpaired) electrons. The lowest BCUT2D eigenvalue weighted by atomic mass is 10.1. The van der Waals surface area contributed by atoms with Gasteiger partial charge in [0.1, 0.15) is 11.6 Å². The third-order valence-electron chi connectivity index (χ3n) is 2.77. The average molecular weight is 260 g/mol. The van der Waals surface area contributed by atoms with Crippen molar-refractivity contribution < 1.29 is 8.78 Å². The maximum atomic E-state index is 13.8. The Morgan fingerprint density at radius 1 is 1.26 bits per heavy atom. The lowest BCUT2D eigenvalue weighted by molar-refractivity contribution is 0.588. The first-order valence-corrected chi connectivity index (χ1v) is 5.92. The minimum Gasteiger partial charge on any atom is -0.303 e. The number of imidazole rings is 1. The molecule has 0 aliphatic heterocycles. The van der Waals surface area contributed by atoms with E-state index in [1.807, 2.05) is 32.1 Å². The van der Waals surface area contributed by atoms with Gasteiger partial charge in [-0.05, 0) is 32.1 Å². The van der Waals surface area contributed by atoms with Gasteiger partial charge in [0.15, 0.2) is 0 Å². The highest BCUT2D eigenvalue weighted by molar-refractivity contribution is 5.65. The Kier molecular flexibility index (Phi) is 3.90. The lowest BCUT2D eigenvalue weighted by Gasteiger charge is -2.09. The monoisotopic (exact) mass is 260 g/mol. The SMILES string of the molecule is C/C=C\C=C(/C)n1cncc1-c1c(F)cccc1F. The molecule has 0 aliphatic rings. The van der Waals surface area contributed by atoms with Crippen molar-refractivity contribution in [2.45, 2.75) is 13.8 Å². The number of halogens is 2. The van der Waals surface area contributed by atoms with Crippen molar-refractivity contribution in [1.29, 1.82) is 0 Å². The maximum absolute atomic E-state index is 13.8. The number of allylic oxidation sites excluding steroid dienone is 4. The highest BCUT2D eigenvalue weighted by Crippen LogP contribution is 2.27. The highest BCUT2D eigenvalue weighted by atomic mass is 19.1. The van der Waals surface area contributed by atoms with E-state index >= 15 is 0 Å². The lowest BCUT2D eigenvalue weighted by Crippen LogP contribution is -1.98. The summed E-state index contributed by atoms with van der Waals surface area (Å²) in [6, 6.07) is 3.82. The molecule has 2 aromatic rings. The number of hydrogen-bond donors (Lipinski definition) is 0. The summed E-state index contributed by atoms with van der Waals surface area (Å²) in [5, 5.41) is 0. The van der Waals surface area contributed by atoms with E-state index in [1.165, 1.54) is 30.7 Å². The Morgan fingerprint density at radius 3 is 2.58 bits per heavy atom. The fraction of sp³-hybridized carbons (Fsp3) is 0.133. The molecular weight excluding hydrogens is 246 g/mol. The van der Waals surface area contributed by atoms with Crippen LogP contribution in [-0.2, 0) is 0 Å². The molecule has 0 spiro atoms. The molecule has 1 aromatic carbocycles. The van der Waals surface area contributed by atoms with E-state index < -0.39 is 11.6 Å². The van der Waals surface area contributed by atoms with Crippen LogP contribution in [0.2, 0.25) is 0 Å². The Morgan fingerprint density at radius 2 is 1.95 bits per heavy atom. The van der Waals surface area contributed by atoms with Gasteiger partial charge in [0.25, 0.3) is 0 Å². The molecular formula is C15H14F2N2. The van der Waals surface area contributed by atoms with Gasteiger partial charge in [0.05, 0.1) is 23.8 Å². The third-order valence-corrected chi connectivity index (χ3v) is 2.77. The van der Waals surface area contributed by atoms with Crippen LogP contribution in [0.15, 0.2) is 49.0 Å². The van der Waals surface area contributed by atoms with E-state index in [-0.39, 0.29) is 5.56 Å². The molecule has 2 nitrogen and oxygen atoms in total. The zero-order chi connectivity index (χ0) is 13.8. The molecule has 2 rings (SSSR count). The fourth-order valence-corrected chi connectivity index (χ4v) is 1.82. The molecule has 0 N–H and O–H groups in total. The molecule has 0 atom stereocenters. The van der Waals surface area contributed by atoms with Gasteiger partial charge in [-0.3, -0.25) is 0 Å². The maximum Gasteiger partial charge on any atom is 0.135 e. The van der Waals surface area contributed by atoms with Crippen LogP contribution in [0.1, 0.15) is 13.8 Å². The fourth-order valence-electron chi connectivity index (χ4n) is 1.82. The van der Waals surface area contributed by atoms with E-state index in [9.17, 15) is 8.78 Å². The van der Waals surface area contributed by atoms with Crippen molar-refractivity contribution in [3.63, 3.8) is 0 Å². The van der Waals surface area contributed by atoms with E-state index in [1.54, 1.807) is 4.57 Å². The van der Waals surface area contributed by atoms with Gasteiger partial charge in [-0.25, -0.2) is 13.8 Å². The Bertz CT molecular complexity index is 619. The van der Waals surface area contributed by atoms with Gasteiger partial charge in [0.2, 0.25) is 0 Å². The van der Waals surface area contributed by atoms with E-state index in [0.717, 1.165) is 5.70 Å². The standard InChI is InChI=1S/C15H14F2N2/c1-3-4-6-11(2)19-10-18-9-14(19)15-12(16)7-5-8-13(15)17/h3-10H,1-2H3/b4-3-,11-6+. The molecule has 0 saturated carbocycles. The first-order chi connectivity index (χ1) is 9.15. The van der Waals surface area contributed by atoms with E-state index in [2.05, 4.69) is 4.98 Å². The number of benzene rings is 1. The molecule has 0 amide bonds. The van der Waals surface area contributed by atoms with E-state index in [4.69, 9.17) is 0 Å². The number of hydrogen-bond acceptors (Lipinski definition) is 1. The van der Waals surface area contributed by atoms with Crippen LogP contribution >= 0.6 is 0 Å². The first kappa shape index (κ1) is 13.2. The zero-order valence-corrected chi connectivity index (χ0v) is 10.8. The van der Waals surface area contributed by atoms with Crippen LogP contribution in [-0.4, -0.2) is 9.55 Å². The molecule has 0 saturated heterocycles. The Balaban J connectivity index is 2.57. The zero-order valence-electron chi connectivity index (χ0n) is 10.8. The summed E-state index contributed by atoms with van der Waals surface area (Å²) >= 11 is 0. The summed E-state index contributed by atoms with van der Waals surface area (Å²) in [5.41, 5.74) is 1.16. The van der Waals surface area contributed by atoms with Gasteiger partial charge < -0.3 is 4.57 Å². The van der Waals surface area contributed by atoms with Gasteiger partial charge >= 0.3 is 0 Å². The smallest absolute Gasteiger partial charge is 0.135 e. The van der Waals surface area contributed by atoms with Gasteiger partial charge in [-0.2, -0.15) is 0 Å². The second-order valence-electron chi connectivity index (χ2n) is 4.08. The summed E-state index contributed by atoms with van der Waals surface area (Å²) in [4.78, 5) is 3.97. The van der Waals surface area contributed by atoms with Crippen molar-refractivity contribution in [3.05, 3.63) is 60.6 Å². The molecule has 4 heteroatoms. The third kappa shape index (κ3) is 2.62. The second-order valence-corrected chi connectivity index (χ2v) is 4.08. The van der Waals surface area contributed by atoms with Crippen LogP contribution in [0.5, 0.6) is 0 Å². The number of rotatable bonds is 3. The summed E-state index contributed by atoms with van der Waals surface area (Å²) in [6.07, 6.45) is 8.58. The van der Waals surface area contributed by atoms with Crippen molar-refractivity contribution in [2.24, 2.45) is 0 Å². The summed E-state index contributed by atoms with van der Waals surface area (Å²) in [5.74, 6) is -1.19. The van der Waals surface area contributed by atoms with Gasteiger partial charge in [-0.1, -0.05) is 18.2 Å². The van der Waals surface area contributed by atoms with Crippen molar-refractivity contribution in [2.75, 3.05) is 0 Å². The van der Waals surface area contributed by atoms with Crippen molar-refractivity contribution in [3.8, 4) is 11.3 Å². The Hall–Kier alpha value is -2.23. The molecule has 19 heavy (non-hydrogen) atoms. The van der Waals surface area contributed by atoms with Crippen LogP contribution < -0.4 is 0 Å². The predicted octanol–water partition coefficient (Wildman–Crippen LogP) is 4.27. The first-order valence-electron chi connectivity index (χ1n) is 5.92. The molecule has 1 aromatic heterocycles. The molecule has 0 unspecified atom stereocenters. The average Bonchev–Trinajstić information content (AvgIpc) is 2.85. The van der Waals surface area contributed by atoms with Gasteiger partial charge in [-0.15, -0.1) is 0 Å². The van der Waals surface area contributed by atoms with Crippen LogP contribution in [0.3, 0.4) is 0 Å². The Labute approximate surface area is 110 Å². The molecule has 0 fully saturated rings. The minimum absolute atomic E-state index is 0.0618. The topological polar surface area (TPSA) is 17.8 Å². The number of nitrogens with zero attached hydrogens (tertiary/aromatic N) is 2. The molecule has 0 aliphatic carbocycles. The molecule has 98 valence electrons. The van der Waals surface area contributed by atoms with Crippen LogP contribution in [0.25, 0.3) is 17.0 Å². The van der Waals surface area contributed by atoms with Crippen molar-refractivity contribution >= 4 is 5.70 Å². The summed E-state index contributed by atoms with van der Waals surface area (Å²) < 4.78 is 29.2. The largest absolute Gasteiger partial charge is 0.303 e. The quantitative estimate of drug-likeness (QED) is 0.754. The van der Waals surface area contributed by atoms with E-state index in [0.29, 0.717) is 5.69 Å². The normalized spacial score (nSPS) is 12.3. The van der Waals surface area contributed by atoms with Crippen LogP contribution in [0, 0.1) is 11.6 Å². The summed E-state index contributed by atoms with van der Waals surface area (Å²) in [6.45, 7) is 3.75. The van der Waals surface area contributed by atoms with Crippen molar-refractivity contribution in [1.82, 2.24) is 9.55 Å². The molecule has 1 heterocycles. The van der Waals surface area contributed by atoms with Gasteiger partial charge in [0, 0.05) is 5.70 Å². The minimum atomic E-state index is -0.597. The molecule has 0 bridgehead atoms. The number of aromatic nitrogens is 2. The van der Waals surface area contributed by atoms with Crippen LogP contribution in [0.4, 0.5) is 8.78 Å². The predicted molar refractivity (Wildman–Crippen MR) is 72.3 cm³/mol.